The Balaban J connectivity index is 0.00000576. The minimum Gasteiger partial charge on any atom is -0.469 e. The lowest BCUT2D eigenvalue weighted by Gasteiger charge is -2.13. The first-order valence-electron chi connectivity index (χ1n) is 7.22. The normalized spacial score (nSPS) is 11.5. The zero-order valence-electron chi connectivity index (χ0n) is 13.7. The molecule has 0 unspecified atom stereocenters. The number of esters is 1. The Kier molecular flexibility index (Phi) is 10.4. The van der Waals surface area contributed by atoms with Gasteiger partial charge in [0.2, 0.25) is 0 Å². The average molecular weight is 477 g/mol. The first kappa shape index (κ1) is 23.4. The standard InChI is InChI=1S/C15H19F4N3O2.HI/c1-3-20-14(21-7-6-13(23)24-2)22-9-10-4-5-11(16)8-12(10)15(17,18)19;/h4-5,8H,3,6-7,9H2,1-2H3,(H2,20,21,22);1H. The number of methoxy groups -OCH3 is 1. The van der Waals surface area contributed by atoms with Crippen LogP contribution in [0.25, 0.3) is 0 Å². The van der Waals surface area contributed by atoms with Crippen molar-refractivity contribution in [3.05, 3.63) is 35.1 Å². The summed E-state index contributed by atoms with van der Waals surface area (Å²) in [4.78, 5) is 15.1. The number of rotatable bonds is 6. The largest absolute Gasteiger partial charge is 0.469 e. The van der Waals surface area contributed by atoms with Crippen LogP contribution in [-0.4, -0.2) is 32.1 Å². The summed E-state index contributed by atoms with van der Waals surface area (Å²) in [6.45, 7) is 2.20. The van der Waals surface area contributed by atoms with Gasteiger partial charge in [0.25, 0.3) is 0 Å². The van der Waals surface area contributed by atoms with Crippen LogP contribution in [0.15, 0.2) is 23.2 Å². The van der Waals surface area contributed by atoms with Crippen LogP contribution >= 0.6 is 24.0 Å². The van der Waals surface area contributed by atoms with E-state index in [4.69, 9.17) is 0 Å². The molecule has 1 rings (SSSR count). The quantitative estimate of drug-likeness (QED) is 0.218. The van der Waals surface area contributed by atoms with Gasteiger partial charge in [-0.3, -0.25) is 4.79 Å². The number of ether oxygens (including phenoxy) is 1. The van der Waals surface area contributed by atoms with Crippen LogP contribution in [-0.2, 0) is 22.3 Å². The molecule has 0 saturated heterocycles. The van der Waals surface area contributed by atoms with E-state index < -0.39 is 23.5 Å². The van der Waals surface area contributed by atoms with Crippen molar-refractivity contribution in [3.8, 4) is 0 Å². The molecule has 0 radical (unpaired) electrons. The highest BCUT2D eigenvalue weighted by molar-refractivity contribution is 14.0. The Hall–Kier alpha value is -1.59. The second-order valence-electron chi connectivity index (χ2n) is 4.75. The van der Waals surface area contributed by atoms with Crippen molar-refractivity contribution in [1.29, 1.82) is 0 Å². The molecule has 0 spiro atoms. The van der Waals surface area contributed by atoms with Gasteiger partial charge in [-0.15, -0.1) is 24.0 Å². The van der Waals surface area contributed by atoms with E-state index in [1.54, 1.807) is 6.92 Å². The maximum Gasteiger partial charge on any atom is 0.416 e. The fourth-order valence-electron chi connectivity index (χ4n) is 1.84. The van der Waals surface area contributed by atoms with Gasteiger partial charge in [-0.25, -0.2) is 9.38 Å². The number of carbonyl (C=O) groups is 1. The topological polar surface area (TPSA) is 62.7 Å². The van der Waals surface area contributed by atoms with Gasteiger partial charge in [-0.1, -0.05) is 6.07 Å². The highest BCUT2D eigenvalue weighted by atomic mass is 127. The summed E-state index contributed by atoms with van der Waals surface area (Å²) in [5.41, 5.74) is -1.20. The van der Waals surface area contributed by atoms with Gasteiger partial charge in [-0.2, -0.15) is 13.2 Å². The van der Waals surface area contributed by atoms with Crippen molar-refractivity contribution in [2.24, 2.45) is 4.99 Å². The van der Waals surface area contributed by atoms with E-state index >= 15 is 0 Å². The van der Waals surface area contributed by atoms with Gasteiger partial charge >= 0.3 is 12.1 Å². The Labute approximate surface area is 160 Å². The maximum absolute atomic E-state index is 13.1. The summed E-state index contributed by atoms with van der Waals surface area (Å²) < 4.78 is 56.4. The van der Waals surface area contributed by atoms with Gasteiger partial charge < -0.3 is 15.4 Å². The minimum atomic E-state index is -4.66. The average Bonchev–Trinajstić information content (AvgIpc) is 2.52. The maximum atomic E-state index is 13.1. The molecule has 5 nitrogen and oxygen atoms in total. The first-order valence-corrected chi connectivity index (χ1v) is 7.22. The van der Waals surface area contributed by atoms with Gasteiger partial charge in [0.1, 0.15) is 5.82 Å². The zero-order valence-corrected chi connectivity index (χ0v) is 16.1. The lowest BCUT2D eigenvalue weighted by atomic mass is 10.1. The summed E-state index contributed by atoms with van der Waals surface area (Å²) in [5.74, 6) is -1.13. The summed E-state index contributed by atoms with van der Waals surface area (Å²) in [6, 6.07) is 2.46. The summed E-state index contributed by atoms with van der Waals surface area (Å²) in [7, 11) is 1.26. The van der Waals surface area contributed by atoms with E-state index in [-0.39, 0.29) is 55.0 Å². The second-order valence-corrected chi connectivity index (χ2v) is 4.75. The number of carbonyl (C=O) groups excluding carboxylic acids is 1. The van der Waals surface area contributed by atoms with Gasteiger partial charge in [0.15, 0.2) is 5.96 Å². The predicted molar refractivity (Wildman–Crippen MR) is 96.3 cm³/mol. The molecule has 0 heterocycles. The van der Waals surface area contributed by atoms with Crippen LogP contribution in [0.2, 0.25) is 0 Å². The number of guanidine groups is 1. The van der Waals surface area contributed by atoms with E-state index in [1.807, 2.05) is 0 Å². The molecule has 25 heavy (non-hydrogen) atoms. The molecule has 2 N–H and O–H groups in total. The van der Waals surface area contributed by atoms with E-state index in [0.29, 0.717) is 12.6 Å². The number of aliphatic imine (C=N–C) groups is 1. The molecule has 0 saturated carbocycles. The van der Waals surface area contributed by atoms with Crippen LogP contribution in [0.1, 0.15) is 24.5 Å². The molecule has 0 atom stereocenters. The van der Waals surface area contributed by atoms with E-state index in [1.165, 1.54) is 7.11 Å². The summed E-state index contributed by atoms with van der Waals surface area (Å²) in [5, 5.41) is 5.65. The lowest BCUT2D eigenvalue weighted by molar-refractivity contribution is -0.140. The van der Waals surface area contributed by atoms with Crippen LogP contribution in [0.3, 0.4) is 0 Å². The number of hydrogen-bond donors (Lipinski definition) is 2. The fourth-order valence-corrected chi connectivity index (χ4v) is 1.84. The van der Waals surface area contributed by atoms with Crippen LogP contribution < -0.4 is 10.6 Å². The molecular weight excluding hydrogens is 457 g/mol. The molecule has 142 valence electrons. The molecule has 0 aliphatic carbocycles. The Morgan fingerprint density at radius 2 is 1.96 bits per heavy atom. The molecule has 0 aromatic heterocycles. The molecular formula is C15H20F4IN3O2. The SMILES string of the molecule is CCNC(=NCc1ccc(F)cc1C(F)(F)F)NCCC(=O)OC.I. The van der Waals surface area contributed by atoms with Crippen molar-refractivity contribution in [1.82, 2.24) is 10.6 Å². The van der Waals surface area contributed by atoms with Crippen molar-refractivity contribution in [2.75, 3.05) is 20.2 Å². The highest BCUT2D eigenvalue weighted by Crippen LogP contribution is 2.32. The van der Waals surface area contributed by atoms with Crippen molar-refractivity contribution in [2.45, 2.75) is 26.1 Å². The molecule has 0 bridgehead atoms. The molecule has 0 fully saturated rings. The number of hydrogen-bond acceptors (Lipinski definition) is 3. The number of nitrogens with zero attached hydrogens (tertiary/aromatic N) is 1. The smallest absolute Gasteiger partial charge is 0.416 e. The monoisotopic (exact) mass is 477 g/mol. The molecule has 1 aromatic carbocycles. The van der Waals surface area contributed by atoms with E-state index in [0.717, 1.165) is 12.1 Å². The Morgan fingerprint density at radius 3 is 2.52 bits per heavy atom. The fraction of sp³-hybridized carbons (Fsp3) is 0.467. The highest BCUT2D eigenvalue weighted by Gasteiger charge is 2.33. The molecule has 10 heteroatoms. The third-order valence-electron chi connectivity index (χ3n) is 2.98. The van der Waals surface area contributed by atoms with Crippen LogP contribution in [0.4, 0.5) is 17.6 Å². The third kappa shape index (κ3) is 8.36. The third-order valence-corrected chi connectivity index (χ3v) is 2.98. The molecule has 1 aromatic rings. The lowest BCUT2D eigenvalue weighted by Crippen LogP contribution is -2.38. The first-order chi connectivity index (χ1) is 11.3. The van der Waals surface area contributed by atoms with Crippen molar-refractivity contribution < 1.29 is 27.1 Å². The number of benzene rings is 1. The second kappa shape index (κ2) is 11.1. The van der Waals surface area contributed by atoms with Gasteiger partial charge in [0, 0.05) is 13.1 Å². The van der Waals surface area contributed by atoms with Gasteiger partial charge in [-0.05, 0) is 24.6 Å². The molecule has 0 amide bonds. The van der Waals surface area contributed by atoms with Crippen LogP contribution in [0, 0.1) is 5.82 Å². The van der Waals surface area contributed by atoms with Gasteiger partial charge in [0.05, 0.1) is 25.6 Å². The Morgan fingerprint density at radius 1 is 1.28 bits per heavy atom. The van der Waals surface area contributed by atoms with Crippen molar-refractivity contribution >= 4 is 35.9 Å². The van der Waals surface area contributed by atoms with Crippen LogP contribution in [0.5, 0.6) is 0 Å². The predicted octanol–water partition coefficient (Wildman–Crippen LogP) is 3.08. The van der Waals surface area contributed by atoms with Crippen molar-refractivity contribution in [3.63, 3.8) is 0 Å². The number of alkyl halides is 3. The summed E-state index contributed by atoms with van der Waals surface area (Å²) >= 11 is 0. The molecule has 0 aliphatic heterocycles. The number of nitrogens with one attached hydrogen (secondary N) is 2. The Bertz CT molecular complexity index is 595. The molecule has 0 aliphatic rings. The van der Waals surface area contributed by atoms with E-state index in [2.05, 4.69) is 20.4 Å². The zero-order chi connectivity index (χ0) is 18.2. The minimum absolute atomic E-state index is 0. The van der Waals surface area contributed by atoms with E-state index in [9.17, 15) is 22.4 Å². The number of halogens is 5. The summed E-state index contributed by atoms with van der Waals surface area (Å²) in [6.07, 6.45) is -4.57.